The highest BCUT2D eigenvalue weighted by atomic mass is 16.3. The van der Waals surface area contributed by atoms with Crippen LogP contribution in [0.15, 0.2) is 16.9 Å². The van der Waals surface area contributed by atoms with Crippen molar-refractivity contribution in [2.45, 2.75) is 6.92 Å². The zero-order valence-electron chi connectivity index (χ0n) is 5.90. The topological polar surface area (TPSA) is 67.6 Å². The number of aryl methyl sites for hydroxylation is 1. The SMILES string of the molecule is Cc1cocc1-c1nnn[nH]1. The van der Waals surface area contributed by atoms with Gasteiger partial charge in [0.25, 0.3) is 0 Å². The maximum atomic E-state index is 4.95. The van der Waals surface area contributed by atoms with E-state index in [0.717, 1.165) is 11.1 Å². The quantitative estimate of drug-likeness (QED) is 0.651. The van der Waals surface area contributed by atoms with Crippen molar-refractivity contribution >= 4 is 0 Å². The van der Waals surface area contributed by atoms with Gasteiger partial charge < -0.3 is 4.42 Å². The van der Waals surface area contributed by atoms with Gasteiger partial charge in [-0.2, -0.15) is 0 Å². The van der Waals surface area contributed by atoms with E-state index in [-0.39, 0.29) is 0 Å². The molecule has 2 heterocycles. The highest BCUT2D eigenvalue weighted by Crippen LogP contribution is 2.18. The third kappa shape index (κ3) is 0.899. The number of aromatic nitrogens is 4. The number of hydrogen-bond acceptors (Lipinski definition) is 4. The molecule has 0 aromatic carbocycles. The summed E-state index contributed by atoms with van der Waals surface area (Å²) in [6.45, 7) is 1.93. The molecule has 0 bridgehead atoms. The lowest BCUT2D eigenvalue weighted by atomic mass is 10.2. The van der Waals surface area contributed by atoms with E-state index in [0.29, 0.717) is 5.82 Å². The molecule has 0 fully saturated rings. The molecule has 0 aliphatic rings. The Morgan fingerprint density at radius 1 is 1.45 bits per heavy atom. The minimum atomic E-state index is 0.635. The first-order valence-electron chi connectivity index (χ1n) is 3.15. The van der Waals surface area contributed by atoms with Crippen LogP contribution in [0.1, 0.15) is 5.56 Å². The summed E-state index contributed by atoms with van der Waals surface area (Å²) in [6.07, 6.45) is 3.26. The minimum Gasteiger partial charge on any atom is -0.472 e. The molecule has 0 aliphatic heterocycles. The fourth-order valence-corrected chi connectivity index (χ4v) is 0.876. The van der Waals surface area contributed by atoms with E-state index in [1.807, 2.05) is 6.92 Å². The Morgan fingerprint density at radius 2 is 2.36 bits per heavy atom. The highest BCUT2D eigenvalue weighted by molar-refractivity contribution is 5.56. The Balaban J connectivity index is 2.53. The van der Waals surface area contributed by atoms with Crippen molar-refractivity contribution in [3.05, 3.63) is 18.1 Å². The molecule has 0 amide bonds. The molecule has 0 radical (unpaired) electrons. The van der Waals surface area contributed by atoms with Gasteiger partial charge in [-0.25, -0.2) is 5.10 Å². The second-order valence-corrected chi connectivity index (χ2v) is 2.22. The van der Waals surface area contributed by atoms with Gasteiger partial charge in [-0.3, -0.25) is 0 Å². The summed E-state index contributed by atoms with van der Waals surface area (Å²) in [4.78, 5) is 0. The number of tetrazole rings is 1. The minimum absolute atomic E-state index is 0.635. The third-order valence-corrected chi connectivity index (χ3v) is 1.46. The van der Waals surface area contributed by atoms with Crippen molar-refractivity contribution in [2.75, 3.05) is 0 Å². The average Bonchev–Trinajstić information content (AvgIpc) is 2.55. The Kier molecular flexibility index (Phi) is 1.21. The maximum Gasteiger partial charge on any atom is 0.182 e. The number of aromatic amines is 1. The van der Waals surface area contributed by atoms with E-state index >= 15 is 0 Å². The first-order chi connectivity index (χ1) is 5.38. The van der Waals surface area contributed by atoms with Gasteiger partial charge in [-0.15, -0.1) is 5.10 Å². The molecule has 0 saturated carbocycles. The lowest BCUT2D eigenvalue weighted by molar-refractivity contribution is 0.566. The monoisotopic (exact) mass is 150 g/mol. The number of nitrogens with one attached hydrogen (secondary N) is 1. The molecule has 1 N–H and O–H groups in total. The van der Waals surface area contributed by atoms with Crippen molar-refractivity contribution in [3.63, 3.8) is 0 Å². The van der Waals surface area contributed by atoms with Gasteiger partial charge in [-0.1, -0.05) is 0 Å². The maximum absolute atomic E-state index is 4.95. The van der Waals surface area contributed by atoms with Crippen LogP contribution in [0, 0.1) is 6.92 Å². The van der Waals surface area contributed by atoms with E-state index in [9.17, 15) is 0 Å². The Bertz CT molecular complexity index is 337. The predicted molar refractivity (Wildman–Crippen MR) is 36.6 cm³/mol. The fourth-order valence-electron chi connectivity index (χ4n) is 0.876. The highest BCUT2D eigenvalue weighted by Gasteiger charge is 2.06. The van der Waals surface area contributed by atoms with Gasteiger partial charge in [0, 0.05) is 0 Å². The Labute approximate surface area is 62.4 Å². The predicted octanol–water partition coefficient (Wildman–Crippen LogP) is 0.768. The molecule has 0 saturated heterocycles. The molecule has 0 unspecified atom stereocenters. The van der Waals surface area contributed by atoms with Gasteiger partial charge in [0.15, 0.2) is 5.82 Å². The first kappa shape index (κ1) is 6.09. The van der Waals surface area contributed by atoms with Crippen molar-refractivity contribution in [2.24, 2.45) is 0 Å². The van der Waals surface area contributed by atoms with Crippen LogP contribution in [0.3, 0.4) is 0 Å². The summed E-state index contributed by atoms with van der Waals surface area (Å²) in [5.41, 5.74) is 1.92. The van der Waals surface area contributed by atoms with E-state index in [2.05, 4.69) is 20.6 Å². The van der Waals surface area contributed by atoms with E-state index in [1.54, 1.807) is 12.5 Å². The summed E-state index contributed by atoms with van der Waals surface area (Å²) < 4.78 is 4.95. The van der Waals surface area contributed by atoms with E-state index < -0.39 is 0 Å². The molecular weight excluding hydrogens is 144 g/mol. The zero-order chi connectivity index (χ0) is 7.68. The first-order valence-corrected chi connectivity index (χ1v) is 3.15. The van der Waals surface area contributed by atoms with Gasteiger partial charge in [0.1, 0.15) is 6.26 Å². The molecule has 5 nitrogen and oxygen atoms in total. The summed E-state index contributed by atoms with van der Waals surface area (Å²) >= 11 is 0. The number of hydrogen-bond donors (Lipinski definition) is 1. The smallest absolute Gasteiger partial charge is 0.182 e. The van der Waals surface area contributed by atoms with Crippen LogP contribution < -0.4 is 0 Å². The average molecular weight is 150 g/mol. The summed E-state index contributed by atoms with van der Waals surface area (Å²) in [7, 11) is 0. The van der Waals surface area contributed by atoms with Gasteiger partial charge in [0.05, 0.1) is 11.8 Å². The van der Waals surface area contributed by atoms with Gasteiger partial charge >= 0.3 is 0 Å². The van der Waals surface area contributed by atoms with Crippen molar-refractivity contribution < 1.29 is 4.42 Å². The number of furan rings is 1. The van der Waals surface area contributed by atoms with Crippen LogP contribution in [0.25, 0.3) is 11.4 Å². The lowest BCUT2D eigenvalue weighted by Crippen LogP contribution is -1.79. The third-order valence-electron chi connectivity index (χ3n) is 1.46. The Hall–Kier alpha value is -1.65. The van der Waals surface area contributed by atoms with Crippen LogP contribution >= 0.6 is 0 Å². The number of H-pyrrole nitrogens is 1. The molecule has 11 heavy (non-hydrogen) atoms. The van der Waals surface area contributed by atoms with Crippen LogP contribution in [0.5, 0.6) is 0 Å². The van der Waals surface area contributed by atoms with E-state index in [1.165, 1.54) is 0 Å². The van der Waals surface area contributed by atoms with Crippen molar-refractivity contribution in [3.8, 4) is 11.4 Å². The summed E-state index contributed by atoms with van der Waals surface area (Å²) in [6, 6.07) is 0. The van der Waals surface area contributed by atoms with Crippen LogP contribution in [-0.2, 0) is 0 Å². The van der Waals surface area contributed by atoms with Gasteiger partial charge in [0.2, 0.25) is 0 Å². The Morgan fingerprint density at radius 3 is 2.91 bits per heavy atom. The zero-order valence-corrected chi connectivity index (χ0v) is 5.90. The normalized spacial score (nSPS) is 10.3. The summed E-state index contributed by atoms with van der Waals surface area (Å²) in [5.74, 6) is 0.635. The fraction of sp³-hybridized carbons (Fsp3) is 0.167. The second-order valence-electron chi connectivity index (χ2n) is 2.22. The van der Waals surface area contributed by atoms with Crippen LogP contribution in [0.2, 0.25) is 0 Å². The van der Waals surface area contributed by atoms with Crippen molar-refractivity contribution in [1.82, 2.24) is 20.6 Å². The standard InChI is InChI=1S/C6H6N4O/c1-4-2-11-3-5(4)6-7-9-10-8-6/h2-3H,1H3,(H,7,8,9,10). The summed E-state index contributed by atoms with van der Waals surface area (Å²) in [5, 5.41) is 13.3. The lowest BCUT2D eigenvalue weighted by Gasteiger charge is -1.86. The number of rotatable bonds is 1. The molecule has 2 rings (SSSR count). The largest absolute Gasteiger partial charge is 0.472 e. The van der Waals surface area contributed by atoms with Gasteiger partial charge in [-0.05, 0) is 22.9 Å². The molecular formula is C6H6N4O. The molecule has 2 aromatic rings. The van der Waals surface area contributed by atoms with Crippen molar-refractivity contribution in [1.29, 1.82) is 0 Å². The van der Waals surface area contributed by atoms with Crippen LogP contribution in [0.4, 0.5) is 0 Å². The molecule has 0 aliphatic carbocycles. The molecule has 0 spiro atoms. The molecule has 0 atom stereocenters. The molecule has 5 heteroatoms. The number of nitrogens with zero attached hydrogens (tertiary/aromatic N) is 3. The van der Waals surface area contributed by atoms with Crippen LogP contribution in [-0.4, -0.2) is 20.6 Å². The second kappa shape index (κ2) is 2.19. The van der Waals surface area contributed by atoms with E-state index in [4.69, 9.17) is 4.42 Å². The molecule has 56 valence electrons. The molecule has 2 aromatic heterocycles.